The van der Waals surface area contributed by atoms with Crippen molar-refractivity contribution in [3.63, 3.8) is 0 Å². The molecular formula is Os19. The SMILES string of the molecule is [Os].[Os].[Os].[Os].[Os].[Os].[Os].[Os].[Os].[Os].[Os].[Os].[Os].[Os].[Os].[Os].[Os].[Os].[Os]. The fourth-order valence-corrected chi connectivity index (χ4v) is 0. The molecule has 0 bridgehead atoms. The maximum atomic E-state index is 0. The van der Waals surface area contributed by atoms with Crippen LogP contribution in [0.4, 0.5) is 0 Å². The Morgan fingerprint density at radius 1 is 0.0526 bits per heavy atom. The third kappa shape index (κ3) is 162. The first-order valence-electron chi connectivity index (χ1n) is 0. The van der Waals surface area contributed by atoms with Gasteiger partial charge in [0.05, 0.1) is 0 Å². The molecule has 19 heavy (non-hydrogen) atoms. The average molecular weight is 3610 g/mol. The first-order valence-corrected chi connectivity index (χ1v) is 0. The predicted molar refractivity (Wildman–Crippen MR) is 0 cm³/mol. The number of rotatable bonds is 0. The summed E-state index contributed by atoms with van der Waals surface area (Å²) >= 11 is 0. The van der Waals surface area contributed by atoms with E-state index < -0.39 is 0 Å². The molecule has 0 saturated heterocycles. The minimum Gasteiger partial charge on any atom is 0 e. The van der Waals surface area contributed by atoms with Crippen molar-refractivity contribution in [2.24, 2.45) is 0 Å². The van der Waals surface area contributed by atoms with Crippen LogP contribution in [0.2, 0.25) is 0 Å². The molecule has 0 aliphatic heterocycles. The van der Waals surface area contributed by atoms with Crippen molar-refractivity contribution >= 4 is 0 Å². The van der Waals surface area contributed by atoms with Crippen LogP contribution in [0.15, 0.2) is 0 Å². The van der Waals surface area contributed by atoms with Crippen LogP contribution in [0.3, 0.4) is 0 Å². The third-order valence-electron chi connectivity index (χ3n) is 0. The van der Waals surface area contributed by atoms with Gasteiger partial charge >= 0.3 is 0 Å². The van der Waals surface area contributed by atoms with Gasteiger partial charge in [-0.25, -0.2) is 0 Å². The molecule has 0 unspecified atom stereocenters. The Balaban J connectivity index is 0. The summed E-state index contributed by atoms with van der Waals surface area (Å²) in [5.74, 6) is 0. The molecular weight excluding hydrogens is 3610 g/mol. The molecule has 0 fully saturated rings. The van der Waals surface area contributed by atoms with Gasteiger partial charge in [0.1, 0.15) is 0 Å². The summed E-state index contributed by atoms with van der Waals surface area (Å²) in [5, 5.41) is 0. The molecule has 0 aromatic heterocycles. The Bertz CT molecular complexity index is 0. The topological polar surface area (TPSA) is 0 Å². The molecule has 0 amide bonds. The maximum absolute atomic E-state index is 0. The van der Waals surface area contributed by atoms with E-state index in [0.717, 1.165) is 0 Å². The second-order valence-corrected chi connectivity index (χ2v) is 0. The molecule has 0 aromatic carbocycles. The molecule has 152 valence electrons. The first-order chi connectivity index (χ1) is 0. The van der Waals surface area contributed by atoms with Gasteiger partial charge in [0.15, 0.2) is 0 Å². The standard InChI is InChI=1S/19Os. The molecule has 0 N–H and O–H groups in total. The van der Waals surface area contributed by atoms with Crippen molar-refractivity contribution in [3.8, 4) is 0 Å². The van der Waals surface area contributed by atoms with E-state index in [4.69, 9.17) is 0 Å². The van der Waals surface area contributed by atoms with Crippen LogP contribution in [0, 0.1) is 0 Å². The molecule has 0 rings (SSSR count). The Morgan fingerprint density at radius 2 is 0.0526 bits per heavy atom. The molecule has 0 radical (unpaired) electrons. The van der Waals surface area contributed by atoms with Crippen LogP contribution in [0.1, 0.15) is 0 Å². The van der Waals surface area contributed by atoms with Crippen LogP contribution >= 0.6 is 0 Å². The van der Waals surface area contributed by atoms with Gasteiger partial charge in [0.25, 0.3) is 0 Å². The summed E-state index contributed by atoms with van der Waals surface area (Å²) in [6.07, 6.45) is 0. The van der Waals surface area contributed by atoms with E-state index in [-0.39, 0.29) is 376 Å². The zero-order valence-electron chi connectivity index (χ0n) is 6.72. The second kappa shape index (κ2) is 174. The summed E-state index contributed by atoms with van der Waals surface area (Å²) in [4.78, 5) is 0. The summed E-state index contributed by atoms with van der Waals surface area (Å²) in [7, 11) is 0. The van der Waals surface area contributed by atoms with Crippen molar-refractivity contribution < 1.29 is 376 Å². The van der Waals surface area contributed by atoms with E-state index in [1.54, 1.807) is 0 Å². The zero-order valence-corrected chi connectivity index (χ0v) is 55.0. The average Bonchev–Trinajstić information content (AvgIpc) is 0. The van der Waals surface area contributed by atoms with Gasteiger partial charge in [-0.2, -0.15) is 0 Å². The third-order valence-corrected chi connectivity index (χ3v) is 0. The van der Waals surface area contributed by atoms with Crippen molar-refractivity contribution in [2.45, 2.75) is 0 Å². The van der Waals surface area contributed by atoms with Gasteiger partial charge in [-0.05, 0) is 0 Å². The maximum Gasteiger partial charge on any atom is 0 e. The van der Waals surface area contributed by atoms with E-state index in [0.29, 0.717) is 0 Å². The van der Waals surface area contributed by atoms with Gasteiger partial charge < -0.3 is 0 Å². The van der Waals surface area contributed by atoms with E-state index in [1.807, 2.05) is 0 Å². The summed E-state index contributed by atoms with van der Waals surface area (Å²) in [6.45, 7) is 0. The molecule has 0 spiro atoms. The van der Waals surface area contributed by atoms with Crippen molar-refractivity contribution in [2.75, 3.05) is 0 Å². The van der Waals surface area contributed by atoms with Crippen LogP contribution in [-0.2, 0) is 376 Å². The molecule has 0 heterocycles. The molecule has 0 saturated carbocycles. The predicted octanol–water partition coefficient (Wildman–Crippen LogP) is -0.0475. The molecule has 0 aromatic rings. The summed E-state index contributed by atoms with van der Waals surface area (Å²) in [5.41, 5.74) is 0. The number of hydrogen-bond donors (Lipinski definition) is 0. The van der Waals surface area contributed by atoms with Gasteiger partial charge in [-0.3, -0.25) is 0 Å². The van der Waals surface area contributed by atoms with Crippen LogP contribution < -0.4 is 0 Å². The van der Waals surface area contributed by atoms with E-state index in [2.05, 4.69) is 0 Å². The number of hydrogen-bond acceptors (Lipinski definition) is 0. The fourth-order valence-electron chi connectivity index (χ4n) is 0. The fraction of sp³-hybridized carbons (Fsp3) is 0. The van der Waals surface area contributed by atoms with Crippen molar-refractivity contribution in [3.05, 3.63) is 0 Å². The van der Waals surface area contributed by atoms with E-state index in [9.17, 15) is 0 Å². The molecule has 0 aliphatic carbocycles. The Labute approximate surface area is 366 Å². The quantitative estimate of drug-likeness (QED) is 0.320. The van der Waals surface area contributed by atoms with E-state index in [1.165, 1.54) is 0 Å². The molecule has 0 atom stereocenters. The zero-order chi connectivity index (χ0) is 0. The first kappa shape index (κ1) is 193. The largest absolute Gasteiger partial charge is 0 e. The van der Waals surface area contributed by atoms with Gasteiger partial charge in [0.2, 0.25) is 0 Å². The molecule has 0 aliphatic rings. The van der Waals surface area contributed by atoms with Crippen LogP contribution in [0.5, 0.6) is 0 Å². The second-order valence-electron chi connectivity index (χ2n) is 0. The van der Waals surface area contributed by atoms with Crippen LogP contribution in [-0.4, -0.2) is 0 Å². The normalized spacial score (nSPS) is 0. The Morgan fingerprint density at radius 3 is 0.0526 bits per heavy atom. The van der Waals surface area contributed by atoms with E-state index >= 15 is 0 Å². The van der Waals surface area contributed by atoms with Gasteiger partial charge in [0, 0.05) is 376 Å². The van der Waals surface area contributed by atoms with Gasteiger partial charge in [-0.1, -0.05) is 0 Å². The monoisotopic (exact) mass is 3650 g/mol. The molecule has 19 heteroatoms. The van der Waals surface area contributed by atoms with Crippen LogP contribution in [0.25, 0.3) is 0 Å². The minimum atomic E-state index is 0. The Hall–Kier alpha value is 12.1. The van der Waals surface area contributed by atoms with Gasteiger partial charge in [-0.15, -0.1) is 0 Å². The smallest absolute Gasteiger partial charge is 0 e. The molecule has 0 nitrogen and oxygen atoms in total. The summed E-state index contributed by atoms with van der Waals surface area (Å²) < 4.78 is 0. The summed E-state index contributed by atoms with van der Waals surface area (Å²) in [6, 6.07) is 0. The van der Waals surface area contributed by atoms with Crippen molar-refractivity contribution in [1.29, 1.82) is 0 Å². The Kier molecular flexibility index (Phi) is 1770. The van der Waals surface area contributed by atoms with Crippen molar-refractivity contribution in [1.82, 2.24) is 0 Å². The minimum absolute atomic E-state index is 0.